The van der Waals surface area contributed by atoms with E-state index in [9.17, 15) is 4.79 Å². The molecule has 0 aliphatic rings. The van der Waals surface area contributed by atoms with Gasteiger partial charge in [-0.1, -0.05) is 41.6 Å². The molecule has 20 heavy (non-hydrogen) atoms. The third-order valence-corrected chi connectivity index (χ3v) is 3.02. The SMILES string of the molecule is O=C(O)c1cc(CNc2cccc3ccccc23)on1. The van der Waals surface area contributed by atoms with Gasteiger partial charge < -0.3 is 14.9 Å². The quantitative estimate of drug-likeness (QED) is 0.760. The lowest BCUT2D eigenvalue weighted by molar-refractivity contribution is 0.0685. The largest absolute Gasteiger partial charge is 0.476 e. The Morgan fingerprint density at radius 3 is 2.80 bits per heavy atom. The predicted octanol–water partition coefficient (Wildman–Crippen LogP) is 3.14. The lowest BCUT2D eigenvalue weighted by Gasteiger charge is -2.07. The van der Waals surface area contributed by atoms with Gasteiger partial charge >= 0.3 is 5.97 Å². The van der Waals surface area contributed by atoms with E-state index >= 15 is 0 Å². The fourth-order valence-electron chi connectivity index (χ4n) is 2.06. The van der Waals surface area contributed by atoms with Crippen LogP contribution >= 0.6 is 0 Å². The van der Waals surface area contributed by atoms with Crippen LogP contribution in [0.15, 0.2) is 53.1 Å². The van der Waals surface area contributed by atoms with Crippen LogP contribution in [0.1, 0.15) is 16.2 Å². The summed E-state index contributed by atoms with van der Waals surface area (Å²) in [6.07, 6.45) is 0. The zero-order chi connectivity index (χ0) is 13.9. The van der Waals surface area contributed by atoms with Gasteiger partial charge in [-0.3, -0.25) is 0 Å². The summed E-state index contributed by atoms with van der Waals surface area (Å²) >= 11 is 0. The van der Waals surface area contributed by atoms with E-state index in [-0.39, 0.29) is 5.69 Å². The van der Waals surface area contributed by atoms with E-state index in [1.54, 1.807) is 0 Å². The first kappa shape index (κ1) is 12.2. The fourth-order valence-corrected chi connectivity index (χ4v) is 2.06. The minimum Gasteiger partial charge on any atom is -0.476 e. The molecule has 0 aliphatic carbocycles. The van der Waals surface area contributed by atoms with Crippen molar-refractivity contribution in [3.05, 3.63) is 60.0 Å². The summed E-state index contributed by atoms with van der Waals surface area (Å²) in [6, 6.07) is 15.4. The van der Waals surface area contributed by atoms with Gasteiger partial charge in [0.15, 0.2) is 11.5 Å². The average molecular weight is 268 g/mol. The Kier molecular flexibility index (Phi) is 3.09. The van der Waals surface area contributed by atoms with Crippen molar-refractivity contribution in [2.24, 2.45) is 0 Å². The summed E-state index contributed by atoms with van der Waals surface area (Å²) in [7, 11) is 0. The van der Waals surface area contributed by atoms with Gasteiger partial charge in [0, 0.05) is 17.1 Å². The van der Waals surface area contributed by atoms with Gasteiger partial charge in [-0.2, -0.15) is 0 Å². The molecule has 5 nitrogen and oxygen atoms in total. The van der Waals surface area contributed by atoms with Gasteiger partial charge in [-0.05, 0) is 11.5 Å². The Bertz CT molecular complexity index is 759. The number of carbonyl (C=O) groups is 1. The number of rotatable bonds is 4. The highest BCUT2D eigenvalue weighted by Gasteiger charge is 2.10. The van der Waals surface area contributed by atoms with Gasteiger partial charge in [-0.15, -0.1) is 0 Å². The van der Waals surface area contributed by atoms with E-state index in [4.69, 9.17) is 9.63 Å². The van der Waals surface area contributed by atoms with Crippen molar-refractivity contribution in [2.75, 3.05) is 5.32 Å². The number of hydrogen-bond acceptors (Lipinski definition) is 4. The summed E-state index contributed by atoms with van der Waals surface area (Å²) in [5.74, 6) is -0.611. The van der Waals surface area contributed by atoms with Crippen LogP contribution in [0.4, 0.5) is 5.69 Å². The number of hydrogen-bond donors (Lipinski definition) is 2. The van der Waals surface area contributed by atoms with Crippen LogP contribution < -0.4 is 5.32 Å². The molecule has 0 aliphatic heterocycles. The molecular weight excluding hydrogens is 256 g/mol. The van der Waals surface area contributed by atoms with Crippen LogP contribution in [-0.2, 0) is 6.54 Å². The van der Waals surface area contributed by atoms with Gasteiger partial charge in [0.05, 0.1) is 6.54 Å². The number of anilines is 1. The van der Waals surface area contributed by atoms with E-state index in [1.807, 2.05) is 42.5 Å². The fraction of sp³-hybridized carbons (Fsp3) is 0.0667. The average Bonchev–Trinajstić information content (AvgIpc) is 2.94. The molecule has 0 saturated carbocycles. The topological polar surface area (TPSA) is 75.4 Å². The molecule has 5 heteroatoms. The van der Waals surface area contributed by atoms with Crippen molar-refractivity contribution >= 4 is 22.4 Å². The van der Waals surface area contributed by atoms with E-state index in [2.05, 4.69) is 10.5 Å². The first-order valence-corrected chi connectivity index (χ1v) is 6.14. The van der Waals surface area contributed by atoms with Crippen LogP contribution in [-0.4, -0.2) is 16.2 Å². The number of aromatic carboxylic acids is 1. The predicted molar refractivity (Wildman–Crippen MR) is 74.7 cm³/mol. The van der Waals surface area contributed by atoms with Gasteiger partial charge in [0.2, 0.25) is 0 Å². The maximum Gasteiger partial charge on any atom is 0.358 e. The second-order valence-corrected chi connectivity index (χ2v) is 4.36. The molecule has 0 bridgehead atoms. The second kappa shape index (κ2) is 5.05. The zero-order valence-electron chi connectivity index (χ0n) is 10.5. The third kappa shape index (κ3) is 2.33. The molecule has 3 rings (SSSR count). The Balaban J connectivity index is 1.81. The molecule has 2 N–H and O–H groups in total. The molecule has 0 unspecified atom stereocenters. The van der Waals surface area contributed by atoms with Crippen LogP contribution in [0, 0.1) is 0 Å². The highest BCUT2D eigenvalue weighted by Crippen LogP contribution is 2.23. The Hall–Kier alpha value is -2.82. The normalized spacial score (nSPS) is 10.6. The lowest BCUT2D eigenvalue weighted by Crippen LogP contribution is -1.99. The Labute approximate surface area is 114 Å². The smallest absolute Gasteiger partial charge is 0.358 e. The maximum absolute atomic E-state index is 10.7. The van der Waals surface area contributed by atoms with E-state index < -0.39 is 5.97 Å². The zero-order valence-corrected chi connectivity index (χ0v) is 10.5. The summed E-state index contributed by atoms with van der Waals surface area (Å²) in [5.41, 5.74) is 0.885. The van der Waals surface area contributed by atoms with Crippen LogP contribution in [0.3, 0.4) is 0 Å². The number of nitrogens with one attached hydrogen (secondary N) is 1. The minimum absolute atomic E-state index is 0.0836. The third-order valence-electron chi connectivity index (χ3n) is 3.02. The number of carboxylic acids is 1. The molecule has 0 fully saturated rings. The van der Waals surface area contributed by atoms with Crippen molar-refractivity contribution < 1.29 is 14.4 Å². The molecule has 0 atom stereocenters. The molecule has 3 aromatic rings. The van der Waals surface area contributed by atoms with Crippen molar-refractivity contribution in [1.82, 2.24) is 5.16 Å². The number of carboxylic acid groups (broad SMARTS) is 1. The molecule has 0 amide bonds. The van der Waals surface area contributed by atoms with Crippen molar-refractivity contribution in [3.63, 3.8) is 0 Å². The van der Waals surface area contributed by atoms with E-state index in [0.717, 1.165) is 16.5 Å². The molecular formula is C15H12N2O3. The number of fused-ring (bicyclic) bond motifs is 1. The van der Waals surface area contributed by atoms with E-state index in [1.165, 1.54) is 6.07 Å². The van der Waals surface area contributed by atoms with Gasteiger partial charge in [0.1, 0.15) is 0 Å². The van der Waals surface area contributed by atoms with Crippen molar-refractivity contribution in [2.45, 2.75) is 6.54 Å². The molecule has 0 radical (unpaired) electrons. The summed E-state index contributed by atoms with van der Waals surface area (Å²) < 4.78 is 4.97. The molecule has 0 spiro atoms. The molecule has 2 aromatic carbocycles. The summed E-state index contributed by atoms with van der Waals surface area (Å²) in [6.45, 7) is 0.383. The number of nitrogens with zero attached hydrogens (tertiary/aromatic N) is 1. The second-order valence-electron chi connectivity index (χ2n) is 4.36. The first-order valence-electron chi connectivity index (χ1n) is 6.14. The Morgan fingerprint density at radius 1 is 1.20 bits per heavy atom. The maximum atomic E-state index is 10.7. The van der Waals surface area contributed by atoms with Gasteiger partial charge in [-0.25, -0.2) is 4.79 Å². The Morgan fingerprint density at radius 2 is 2.00 bits per heavy atom. The minimum atomic E-state index is -1.09. The summed E-state index contributed by atoms with van der Waals surface area (Å²) in [5, 5.41) is 17.7. The standard InChI is InChI=1S/C15H12N2O3/c18-15(19)14-8-11(20-17-14)9-16-13-7-3-5-10-4-1-2-6-12(10)13/h1-8,16H,9H2,(H,18,19). The van der Waals surface area contributed by atoms with Crippen LogP contribution in [0.25, 0.3) is 10.8 Å². The molecule has 1 heterocycles. The first-order chi connectivity index (χ1) is 9.74. The van der Waals surface area contributed by atoms with Crippen molar-refractivity contribution in [1.29, 1.82) is 0 Å². The van der Waals surface area contributed by atoms with Gasteiger partial charge in [0.25, 0.3) is 0 Å². The van der Waals surface area contributed by atoms with Crippen molar-refractivity contribution in [3.8, 4) is 0 Å². The molecule has 0 saturated heterocycles. The highest BCUT2D eigenvalue weighted by molar-refractivity contribution is 5.93. The van der Waals surface area contributed by atoms with Crippen LogP contribution in [0.5, 0.6) is 0 Å². The van der Waals surface area contributed by atoms with Crippen LogP contribution in [0.2, 0.25) is 0 Å². The molecule has 100 valence electrons. The number of aromatic nitrogens is 1. The van der Waals surface area contributed by atoms with E-state index in [0.29, 0.717) is 12.3 Å². The highest BCUT2D eigenvalue weighted by atomic mass is 16.5. The number of benzene rings is 2. The molecule has 1 aromatic heterocycles. The summed E-state index contributed by atoms with van der Waals surface area (Å²) in [4.78, 5) is 10.7. The lowest BCUT2D eigenvalue weighted by atomic mass is 10.1. The monoisotopic (exact) mass is 268 g/mol.